The molecule has 2 unspecified atom stereocenters. The molecule has 0 aromatic rings. The quantitative estimate of drug-likeness (QED) is 0.813. The lowest BCUT2D eigenvalue weighted by atomic mass is 9.91. The van der Waals surface area contributed by atoms with Crippen LogP contribution in [-0.4, -0.2) is 52.8 Å². The number of ether oxygens (including phenoxy) is 1. The van der Waals surface area contributed by atoms with Crippen LogP contribution < -0.4 is 5.32 Å². The summed E-state index contributed by atoms with van der Waals surface area (Å²) >= 11 is 0. The smallest absolute Gasteiger partial charge is 0.329 e. The third-order valence-electron chi connectivity index (χ3n) is 4.71. The van der Waals surface area contributed by atoms with Gasteiger partial charge in [-0.05, 0) is 39.0 Å². The molecule has 0 aromatic heterocycles. The van der Waals surface area contributed by atoms with E-state index in [1.165, 1.54) is 4.90 Å². The van der Waals surface area contributed by atoms with Crippen LogP contribution in [-0.2, 0) is 9.53 Å². The molecule has 0 saturated carbocycles. The van der Waals surface area contributed by atoms with Crippen molar-refractivity contribution in [3.8, 4) is 0 Å². The summed E-state index contributed by atoms with van der Waals surface area (Å²) in [6.45, 7) is 5.61. The normalized spacial score (nSPS) is 32.4. The zero-order valence-electron chi connectivity index (χ0n) is 13.0. The summed E-state index contributed by atoms with van der Waals surface area (Å²) in [4.78, 5) is 25.7. The summed E-state index contributed by atoms with van der Waals surface area (Å²) in [6.07, 6.45) is 4.46. The van der Waals surface area contributed by atoms with Crippen molar-refractivity contribution in [3.63, 3.8) is 0 Å². The highest BCUT2D eigenvalue weighted by molar-refractivity contribution is 5.87. The lowest BCUT2D eigenvalue weighted by molar-refractivity contribution is -0.148. The maximum Gasteiger partial charge on any atom is 0.329 e. The van der Waals surface area contributed by atoms with Crippen molar-refractivity contribution in [2.45, 2.75) is 63.5 Å². The summed E-state index contributed by atoms with van der Waals surface area (Å²) in [5, 5.41) is 12.5. The molecule has 6 nitrogen and oxygen atoms in total. The van der Waals surface area contributed by atoms with Gasteiger partial charge in [0, 0.05) is 19.7 Å². The number of amides is 2. The maximum absolute atomic E-state index is 12.4. The molecule has 0 bridgehead atoms. The number of nitrogens with one attached hydrogen (secondary N) is 1. The highest BCUT2D eigenvalue weighted by atomic mass is 16.5. The lowest BCUT2D eigenvalue weighted by Crippen LogP contribution is -2.57. The third kappa shape index (κ3) is 3.15. The first-order valence-electron chi connectivity index (χ1n) is 7.86. The van der Waals surface area contributed by atoms with Crippen LogP contribution in [0.1, 0.15) is 52.4 Å². The van der Waals surface area contributed by atoms with Gasteiger partial charge in [-0.15, -0.1) is 0 Å². The van der Waals surface area contributed by atoms with Crippen molar-refractivity contribution < 1.29 is 19.4 Å². The molecule has 2 aliphatic heterocycles. The van der Waals surface area contributed by atoms with Gasteiger partial charge in [0.2, 0.25) is 0 Å². The van der Waals surface area contributed by atoms with Crippen molar-refractivity contribution in [1.29, 1.82) is 0 Å². The number of likely N-dealkylation sites (tertiary alicyclic amines) is 1. The van der Waals surface area contributed by atoms with Crippen molar-refractivity contribution in [1.82, 2.24) is 10.2 Å². The number of nitrogens with zero attached hydrogens (tertiary/aromatic N) is 1. The first kappa shape index (κ1) is 16.1. The Labute approximate surface area is 125 Å². The van der Waals surface area contributed by atoms with Crippen LogP contribution in [0.5, 0.6) is 0 Å². The minimum atomic E-state index is -1.03. The van der Waals surface area contributed by atoms with Gasteiger partial charge in [0.15, 0.2) is 0 Å². The Hall–Kier alpha value is -1.30. The summed E-state index contributed by atoms with van der Waals surface area (Å²) in [6, 6.07) is -0.278. The molecule has 2 N–H and O–H groups in total. The fourth-order valence-corrected chi connectivity index (χ4v) is 3.51. The van der Waals surface area contributed by atoms with Crippen molar-refractivity contribution >= 4 is 12.0 Å². The molecular formula is C15H26N2O4. The van der Waals surface area contributed by atoms with E-state index in [0.29, 0.717) is 25.9 Å². The molecule has 2 rings (SSSR count). The number of hydrogen-bond acceptors (Lipinski definition) is 3. The molecule has 120 valence electrons. The Morgan fingerprint density at radius 1 is 1.33 bits per heavy atom. The predicted octanol–water partition coefficient (Wildman–Crippen LogP) is 1.98. The first-order valence-corrected chi connectivity index (χ1v) is 7.86. The van der Waals surface area contributed by atoms with E-state index in [4.69, 9.17) is 4.74 Å². The van der Waals surface area contributed by atoms with E-state index in [-0.39, 0.29) is 11.6 Å². The predicted molar refractivity (Wildman–Crippen MR) is 78.2 cm³/mol. The zero-order valence-corrected chi connectivity index (χ0v) is 13.0. The van der Waals surface area contributed by atoms with Crippen LogP contribution in [0.4, 0.5) is 4.79 Å². The fourth-order valence-electron chi connectivity index (χ4n) is 3.51. The second-order valence-electron chi connectivity index (χ2n) is 6.40. The Morgan fingerprint density at radius 3 is 2.67 bits per heavy atom. The average molecular weight is 298 g/mol. The van der Waals surface area contributed by atoms with Gasteiger partial charge in [-0.2, -0.15) is 0 Å². The summed E-state index contributed by atoms with van der Waals surface area (Å²) in [7, 11) is 0. The molecule has 0 radical (unpaired) electrons. The molecule has 21 heavy (non-hydrogen) atoms. The molecule has 0 aromatic carbocycles. The Kier molecular flexibility index (Phi) is 4.76. The van der Waals surface area contributed by atoms with Gasteiger partial charge < -0.3 is 20.1 Å². The molecule has 2 aliphatic rings. The summed E-state index contributed by atoms with van der Waals surface area (Å²) in [5.74, 6) is -0.889. The molecule has 6 heteroatoms. The van der Waals surface area contributed by atoms with Gasteiger partial charge in [-0.3, -0.25) is 0 Å². The molecule has 2 amide bonds. The van der Waals surface area contributed by atoms with Crippen LogP contribution in [0, 0.1) is 0 Å². The van der Waals surface area contributed by atoms with Gasteiger partial charge in [-0.25, -0.2) is 9.59 Å². The fraction of sp³-hybridized carbons (Fsp3) is 0.867. The van der Waals surface area contributed by atoms with Crippen LogP contribution in [0.25, 0.3) is 0 Å². The van der Waals surface area contributed by atoms with E-state index in [1.54, 1.807) is 0 Å². The van der Waals surface area contributed by atoms with E-state index in [1.807, 2.05) is 13.8 Å². The third-order valence-corrected chi connectivity index (χ3v) is 4.71. The number of carboxylic acids is 1. The molecule has 2 atom stereocenters. The van der Waals surface area contributed by atoms with Crippen LogP contribution in [0.2, 0.25) is 0 Å². The standard InChI is InChI=1S/C15H26N2O4/c1-3-6-15(12(18)19)8-4-9-17(15)13(20)16-11-14(2)7-5-10-21-14/h3-11H2,1-2H3,(H,16,20)(H,18,19). The Balaban J connectivity index is 2.01. The van der Waals surface area contributed by atoms with E-state index in [0.717, 1.165) is 32.3 Å². The second-order valence-corrected chi connectivity index (χ2v) is 6.40. The van der Waals surface area contributed by atoms with Gasteiger partial charge in [-0.1, -0.05) is 13.3 Å². The second kappa shape index (κ2) is 6.22. The molecule has 2 fully saturated rings. The van der Waals surface area contributed by atoms with Crippen LogP contribution >= 0.6 is 0 Å². The molecule has 0 spiro atoms. The van der Waals surface area contributed by atoms with E-state index < -0.39 is 11.5 Å². The topological polar surface area (TPSA) is 78.9 Å². The number of aliphatic carboxylic acids is 1. The Bertz CT molecular complexity index is 406. The van der Waals surface area contributed by atoms with Gasteiger partial charge in [0.25, 0.3) is 0 Å². The number of carbonyl (C=O) groups is 2. The van der Waals surface area contributed by atoms with Gasteiger partial charge in [0.1, 0.15) is 5.54 Å². The monoisotopic (exact) mass is 298 g/mol. The number of rotatable bonds is 5. The van der Waals surface area contributed by atoms with E-state index >= 15 is 0 Å². The van der Waals surface area contributed by atoms with Crippen LogP contribution in [0.3, 0.4) is 0 Å². The molecule has 2 heterocycles. The zero-order chi connectivity index (χ0) is 15.5. The van der Waals surface area contributed by atoms with Gasteiger partial charge >= 0.3 is 12.0 Å². The minimum absolute atomic E-state index is 0.278. The van der Waals surface area contributed by atoms with Crippen LogP contribution in [0.15, 0.2) is 0 Å². The SMILES string of the molecule is CCCC1(C(=O)O)CCCN1C(=O)NCC1(C)CCCO1. The molecule has 0 aliphatic carbocycles. The average Bonchev–Trinajstić information content (AvgIpc) is 3.05. The highest BCUT2D eigenvalue weighted by Gasteiger charge is 2.49. The van der Waals surface area contributed by atoms with Gasteiger partial charge in [0.05, 0.1) is 5.60 Å². The number of hydrogen-bond donors (Lipinski definition) is 2. The Morgan fingerprint density at radius 2 is 2.10 bits per heavy atom. The van der Waals surface area contributed by atoms with Crippen molar-refractivity contribution in [2.75, 3.05) is 19.7 Å². The number of urea groups is 1. The number of carbonyl (C=O) groups excluding carboxylic acids is 1. The largest absolute Gasteiger partial charge is 0.479 e. The van der Waals surface area contributed by atoms with Crippen molar-refractivity contribution in [3.05, 3.63) is 0 Å². The highest BCUT2D eigenvalue weighted by Crippen LogP contribution is 2.34. The summed E-state index contributed by atoms with van der Waals surface area (Å²) < 4.78 is 5.65. The number of carboxylic acid groups (broad SMARTS) is 1. The van der Waals surface area contributed by atoms with E-state index in [2.05, 4.69) is 5.32 Å². The first-order chi connectivity index (χ1) is 9.93. The lowest BCUT2D eigenvalue weighted by Gasteiger charge is -2.35. The molecule has 2 saturated heterocycles. The minimum Gasteiger partial charge on any atom is -0.479 e. The molecular weight excluding hydrogens is 272 g/mol. The maximum atomic E-state index is 12.4. The van der Waals surface area contributed by atoms with E-state index in [9.17, 15) is 14.7 Å². The summed E-state index contributed by atoms with van der Waals surface area (Å²) in [5.41, 5.74) is -1.34. The van der Waals surface area contributed by atoms with Crippen molar-refractivity contribution in [2.24, 2.45) is 0 Å².